The number of carboxylic acid groups (broad SMARTS) is 1. The fraction of sp³-hybridized carbons (Fsp3) is 0.286. The largest absolute Gasteiger partial charge is 0.480 e. The van der Waals surface area contributed by atoms with E-state index in [1.165, 1.54) is 0 Å². The Hall–Kier alpha value is -2.25. The van der Waals surface area contributed by atoms with Crippen molar-refractivity contribution in [2.45, 2.75) is 13.5 Å². The number of H-pyrrole nitrogens is 1. The zero-order chi connectivity index (χ0) is 11.0. The van der Waals surface area contributed by atoms with E-state index in [0.29, 0.717) is 5.82 Å². The van der Waals surface area contributed by atoms with Crippen LogP contribution in [-0.4, -0.2) is 36.0 Å². The Bertz CT molecular complexity index is 584. The second kappa shape index (κ2) is 3.15. The highest BCUT2D eigenvalue weighted by Gasteiger charge is 2.12. The summed E-state index contributed by atoms with van der Waals surface area (Å²) in [5.41, 5.74) is -0.199. The summed E-state index contributed by atoms with van der Waals surface area (Å²) in [5.74, 6) is -0.678. The van der Waals surface area contributed by atoms with Crippen molar-refractivity contribution >= 4 is 17.1 Å². The average Bonchev–Trinajstić information content (AvgIpc) is 2.48. The van der Waals surface area contributed by atoms with Crippen molar-refractivity contribution in [3.8, 4) is 0 Å². The zero-order valence-electron chi connectivity index (χ0n) is 7.76. The second-order valence-electron chi connectivity index (χ2n) is 2.96. The van der Waals surface area contributed by atoms with E-state index >= 15 is 0 Å². The van der Waals surface area contributed by atoms with Crippen LogP contribution in [0.5, 0.6) is 0 Å². The molecule has 0 aromatic carbocycles. The maximum Gasteiger partial charge on any atom is 0.325 e. The Kier molecular flexibility index (Phi) is 1.96. The van der Waals surface area contributed by atoms with Crippen molar-refractivity contribution in [3.05, 3.63) is 16.2 Å². The molecular weight excluding hydrogens is 202 g/mol. The summed E-state index contributed by atoms with van der Waals surface area (Å²) in [4.78, 5) is 28.2. The molecule has 0 unspecified atom stereocenters. The molecule has 78 valence electrons. The number of hydrogen-bond donors (Lipinski definition) is 2. The molecule has 0 spiro atoms. The highest BCUT2D eigenvalue weighted by molar-refractivity contribution is 5.72. The number of aliphatic carboxylic acids is 1. The number of rotatable bonds is 2. The van der Waals surface area contributed by atoms with E-state index in [0.717, 1.165) is 4.68 Å². The third-order valence-corrected chi connectivity index (χ3v) is 1.78. The van der Waals surface area contributed by atoms with Gasteiger partial charge in [0.05, 0.1) is 0 Å². The molecule has 2 aromatic heterocycles. The summed E-state index contributed by atoms with van der Waals surface area (Å²) in [6, 6.07) is 0. The minimum atomic E-state index is -1.07. The van der Waals surface area contributed by atoms with Crippen LogP contribution in [0.4, 0.5) is 0 Å². The lowest BCUT2D eigenvalue weighted by Gasteiger charge is -1.96. The quantitative estimate of drug-likeness (QED) is 0.649. The van der Waals surface area contributed by atoms with Gasteiger partial charge in [-0.3, -0.25) is 9.59 Å². The zero-order valence-corrected chi connectivity index (χ0v) is 7.76. The number of nitrogens with one attached hydrogen (secondary N) is 1. The molecule has 0 saturated heterocycles. The van der Waals surface area contributed by atoms with Crippen molar-refractivity contribution in [2.75, 3.05) is 0 Å². The molecule has 0 atom stereocenters. The second-order valence-corrected chi connectivity index (χ2v) is 2.96. The third kappa shape index (κ3) is 1.56. The fourth-order valence-electron chi connectivity index (χ4n) is 1.21. The lowest BCUT2D eigenvalue weighted by molar-refractivity contribution is -0.137. The molecule has 0 radical (unpaired) electrons. The minimum absolute atomic E-state index is 0.0434. The molecule has 2 heterocycles. The van der Waals surface area contributed by atoms with E-state index < -0.39 is 11.5 Å². The Labute approximate surface area is 82.6 Å². The minimum Gasteiger partial charge on any atom is -0.480 e. The molecule has 0 aliphatic carbocycles. The molecule has 0 bridgehead atoms. The summed E-state index contributed by atoms with van der Waals surface area (Å²) in [6.07, 6.45) is 0. The molecule has 2 N–H and O–H groups in total. The third-order valence-electron chi connectivity index (χ3n) is 1.78. The molecule has 0 fully saturated rings. The van der Waals surface area contributed by atoms with Gasteiger partial charge in [0.15, 0.2) is 11.2 Å². The molecule has 2 aromatic rings. The lowest BCUT2D eigenvalue weighted by atomic mass is 10.5. The summed E-state index contributed by atoms with van der Waals surface area (Å²) < 4.78 is 1.07. The summed E-state index contributed by atoms with van der Waals surface area (Å²) in [5, 5.41) is 15.7. The molecule has 8 heteroatoms. The van der Waals surface area contributed by atoms with Crippen molar-refractivity contribution in [3.63, 3.8) is 0 Å². The van der Waals surface area contributed by atoms with Crippen LogP contribution in [0.1, 0.15) is 5.82 Å². The van der Waals surface area contributed by atoms with Gasteiger partial charge in [0.1, 0.15) is 12.4 Å². The first-order valence-corrected chi connectivity index (χ1v) is 4.10. The van der Waals surface area contributed by atoms with Crippen molar-refractivity contribution in [1.29, 1.82) is 0 Å². The Morgan fingerprint density at radius 1 is 1.60 bits per heavy atom. The number of carboxylic acids is 1. The van der Waals surface area contributed by atoms with Crippen LogP contribution >= 0.6 is 0 Å². The van der Waals surface area contributed by atoms with Crippen LogP contribution in [0.3, 0.4) is 0 Å². The van der Waals surface area contributed by atoms with Gasteiger partial charge in [-0.05, 0) is 6.92 Å². The molecule has 2 rings (SSSR count). The number of fused-ring (bicyclic) bond motifs is 1. The molecule has 0 saturated carbocycles. The number of aromatic nitrogens is 5. The van der Waals surface area contributed by atoms with Crippen LogP contribution in [-0.2, 0) is 11.3 Å². The van der Waals surface area contributed by atoms with Gasteiger partial charge in [0, 0.05) is 0 Å². The number of nitrogens with zero attached hydrogens (tertiary/aromatic N) is 4. The van der Waals surface area contributed by atoms with Gasteiger partial charge in [0.2, 0.25) is 0 Å². The van der Waals surface area contributed by atoms with Gasteiger partial charge < -0.3 is 10.1 Å². The predicted octanol–water partition coefficient (Wildman–Crippen LogP) is -1.09. The van der Waals surface area contributed by atoms with Gasteiger partial charge in [-0.25, -0.2) is 9.67 Å². The molecular formula is C7H7N5O3. The van der Waals surface area contributed by atoms with Crippen molar-refractivity contribution in [1.82, 2.24) is 25.0 Å². The van der Waals surface area contributed by atoms with Crippen LogP contribution in [0.15, 0.2) is 4.79 Å². The standard InChI is InChI=1S/C7H7N5O3/c1-3-8-6-5(7(15)9-3)10-11-12(6)2-4(13)14/h2H2,1H3,(H,13,14)(H,8,9,15). The maximum absolute atomic E-state index is 11.3. The number of aryl methyl sites for hydroxylation is 1. The van der Waals surface area contributed by atoms with E-state index in [2.05, 4.69) is 20.3 Å². The van der Waals surface area contributed by atoms with Gasteiger partial charge in [0.25, 0.3) is 5.56 Å². The number of carbonyl (C=O) groups is 1. The average molecular weight is 209 g/mol. The molecule has 0 aliphatic rings. The Morgan fingerprint density at radius 3 is 3.00 bits per heavy atom. The van der Waals surface area contributed by atoms with E-state index in [4.69, 9.17) is 5.11 Å². The van der Waals surface area contributed by atoms with Crippen molar-refractivity contribution < 1.29 is 9.90 Å². The van der Waals surface area contributed by atoms with Crippen LogP contribution in [0, 0.1) is 6.92 Å². The van der Waals surface area contributed by atoms with Gasteiger partial charge in [-0.2, -0.15) is 0 Å². The van der Waals surface area contributed by atoms with Gasteiger partial charge in [-0.15, -0.1) is 5.10 Å². The summed E-state index contributed by atoms with van der Waals surface area (Å²) >= 11 is 0. The van der Waals surface area contributed by atoms with E-state index in [1.807, 2.05) is 0 Å². The van der Waals surface area contributed by atoms with E-state index in [9.17, 15) is 9.59 Å². The Morgan fingerprint density at radius 2 is 2.33 bits per heavy atom. The smallest absolute Gasteiger partial charge is 0.325 e. The lowest BCUT2D eigenvalue weighted by Crippen LogP contribution is -2.13. The first-order valence-electron chi connectivity index (χ1n) is 4.10. The maximum atomic E-state index is 11.3. The number of hydrogen-bond acceptors (Lipinski definition) is 5. The first kappa shape index (κ1) is 9.31. The molecule has 0 amide bonds. The van der Waals surface area contributed by atoms with Crippen molar-refractivity contribution in [2.24, 2.45) is 0 Å². The monoisotopic (exact) mass is 209 g/mol. The molecule has 15 heavy (non-hydrogen) atoms. The Balaban J connectivity index is 2.68. The van der Waals surface area contributed by atoms with E-state index in [-0.39, 0.29) is 17.7 Å². The van der Waals surface area contributed by atoms with Crippen LogP contribution < -0.4 is 5.56 Å². The van der Waals surface area contributed by atoms with Gasteiger partial charge in [-0.1, -0.05) is 5.21 Å². The normalized spacial score (nSPS) is 10.7. The highest BCUT2D eigenvalue weighted by atomic mass is 16.4. The van der Waals surface area contributed by atoms with Gasteiger partial charge >= 0.3 is 5.97 Å². The number of aromatic amines is 1. The fourth-order valence-corrected chi connectivity index (χ4v) is 1.21. The first-order chi connectivity index (χ1) is 7.08. The summed E-state index contributed by atoms with van der Waals surface area (Å²) in [6.45, 7) is 1.23. The topological polar surface area (TPSA) is 114 Å². The molecule has 8 nitrogen and oxygen atoms in total. The SMILES string of the molecule is Cc1nc2c(nnn2CC(=O)O)c(=O)[nH]1. The van der Waals surface area contributed by atoms with E-state index in [1.54, 1.807) is 6.92 Å². The van der Waals surface area contributed by atoms with Crippen LogP contribution in [0.25, 0.3) is 11.2 Å². The molecule has 0 aliphatic heterocycles. The predicted molar refractivity (Wildman–Crippen MR) is 48.3 cm³/mol. The van der Waals surface area contributed by atoms with Crippen LogP contribution in [0.2, 0.25) is 0 Å². The summed E-state index contributed by atoms with van der Waals surface area (Å²) in [7, 11) is 0. The highest BCUT2D eigenvalue weighted by Crippen LogP contribution is 2.01.